The molecule has 84 valence electrons. The predicted molar refractivity (Wildman–Crippen MR) is 72.6 cm³/mol. The number of nitrogens with zero attached hydrogens (tertiary/aromatic N) is 1. The maximum absolute atomic E-state index is 5.96. The topological polar surface area (TPSA) is 38.9 Å². The number of nitrogens with two attached hydrogens (primary N) is 1. The fourth-order valence-electron chi connectivity index (χ4n) is 1.89. The number of pyridine rings is 1. The summed E-state index contributed by atoms with van der Waals surface area (Å²) in [7, 11) is 0. The molecule has 0 saturated heterocycles. The highest BCUT2D eigenvalue weighted by molar-refractivity contribution is 9.10. The molecule has 0 fully saturated rings. The molecule has 2 nitrogen and oxygen atoms in total. The van der Waals surface area contributed by atoms with E-state index in [0.29, 0.717) is 5.82 Å². The van der Waals surface area contributed by atoms with Crippen molar-refractivity contribution in [2.45, 2.75) is 26.7 Å². The van der Waals surface area contributed by atoms with E-state index in [-0.39, 0.29) is 0 Å². The molecule has 0 radical (unpaired) electrons. The van der Waals surface area contributed by atoms with Crippen molar-refractivity contribution >= 4 is 32.7 Å². The van der Waals surface area contributed by atoms with Crippen LogP contribution in [0.3, 0.4) is 0 Å². The van der Waals surface area contributed by atoms with E-state index in [0.717, 1.165) is 28.4 Å². The maximum Gasteiger partial charge on any atom is 0.127 e. The van der Waals surface area contributed by atoms with E-state index in [1.54, 1.807) is 0 Å². The van der Waals surface area contributed by atoms with Gasteiger partial charge in [-0.3, -0.25) is 0 Å². The predicted octanol–water partition coefficient (Wildman–Crippen LogP) is 3.84. The standard InChI is InChI=1S/C13H15BrN2/c1-3-4-9-7-10-8(2)5-6-11(14)12(10)16-13(9)15/h5-7H,3-4H2,1-2H3,(H2,15,16). The Morgan fingerprint density at radius 1 is 1.38 bits per heavy atom. The zero-order chi connectivity index (χ0) is 11.7. The number of rotatable bonds is 2. The summed E-state index contributed by atoms with van der Waals surface area (Å²) in [4.78, 5) is 4.49. The minimum absolute atomic E-state index is 0.653. The van der Waals surface area contributed by atoms with Crippen LogP contribution in [0.25, 0.3) is 10.9 Å². The third-order valence-electron chi connectivity index (χ3n) is 2.79. The van der Waals surface area contributed by atoms with Gasteiger partial charge in [0, 0.05) is 9.86 Å². The number of hydrogen-bond donors (Lipinski definition) is 1. The normalized spacial score (nSPS) is 10.9. The first kappa shape index (κ1) is 11.4. The molecule has 2 rings (SSSR count). The Kier molecular flexibility index (Phi) is 3.15. The van der Waals surface area contributed by atoms with Gasteiger partial charge in [0.25, 0.3) is 0 Å². The Labute approximate surface area is 104 Å². The summed E-state index contributed by atoms with van der Waals surface area (Å²) in [6, 6.07) is 6.28. The van der Waals surface area contributed by atoms with Gasteiger partial charge in [0.2, 0.25) is 0 Å². The molecule has 0 unspecified atom stereocenters. The van der Waals surface area contributed by atoms with Crippen LogP contribution in [-0.4, -0.2) is 4.98 Å². The van der Waals surface area contributed by atoms with E-state index in [9.17, 15) is 0 Å². The van der Waals surface area contributed by atoms with Crippen molar-refractivity contribution in [3.05, 3.63) is 33.8 Å². The molecule has 0 aliphatic heterocycles. The molecule has 0 aliphatic rings. The van der Waals surface area contributed by atoms with E-state index < -0.39 is 0 Å². The molecule has 1 aromatic carbocycles. The van der Waals surface area contributed by atoms with Gasteiger partial charge in [-0.1, -0.05) is 19.4 Å². The van der Waals surface area contributed by atoms with Crippen LogP contribution < -0.4 is 5.73 Å². The van der Waals surface area contributed by atoms with E-state index in [1.807, 2.05) is 6.07 Å². The van der Waals surface area contributed by atoms with Crippen LogP contribution in [0.5, 0.6) is 0 Å². The molecular weight excluding hydrogens is 264 g/mol. The Bertz CT molecular complexity index is 535. The van der Waals surface area contributed by atoms with Gasteiger partial charge in [-0.05, 0) is 52.5 Å². The van der Waals surface area contributed by atoms with Gasteiger partial charge in [0.15, 0.2) is 0 Å². The van der Waals surface area contributed by atoms with Crippen molar-refractivity contribution in [2.24, 2.45) is 0 Å². The van der Waals surface area contributed by atoms with Gasteiger partial charge < -0.3 is 5.73 Å². The second kappa shape index (κ2) is 4.42. The molecule has 1 heterocycles. The SMILES string of the molecule is CCCc1cc2c(C)ccc(Br)c2nc1N. The summed E-state index contributed by atoms with van der Waals surface area (Å²) in [6.45, 7) is 4.25. The first-order chi connectivity index (χ1) is 7.63. The van der Waals surface area contributed by atoms with Gasteiger partial charge in [-0.25, -0.2) is 4.98 Å². The summed E-state index contributed by atoms with van der Waals surface area (Å²) >= 11 is 3.51. The minimum Gasteiger partial charge on any atom is -0.383 e. The highest BCUT2D eigenvalue weighted by Crippen LogP contribution is 2.28. The molecule has 1 aromatic heterocycles. The van der Waals surface area contributed by atoms with Gasteiger partial charge >= 0.3 is 0 Å². The van der Waals surface area contributed by atoms with Gasteiger partial charge in [-0.15, -0.1) is 0 Å². The van der Waals surface area contributed by atoms with Crippen molar-refractivity contribution in [1.29, 1.82) is 0 Å². The van der Waals surface area contributed by atoms with Gasteiger partial charge in [0.1, 0.15) is 5.82 Å². The number of benzene rings is 1. The fraction of sp³-hybridized carbons (Fsp3) is 0.308. The highest BCUT2D eigenvalue weighted by Gasteiger charge is 2.07. The molecule has 0 atom stereocenters. The number of hydrogen-bond acceptors (Lipinski definition) is 2. The quantitative estimate of drug-likeness (QED) is 0.907. The second-order valence-corrected chi connectivity index (χ2v) is 4.90. The number of aryl methyl sites for hydroxylation is 2. The second-order valence-electron chi connectivity index (χ2n) is 4.04. The average molecular weight is 279 g/mol. The van der Waals surface area contributed by atoms with Crippen LogP contribution in [0.2, 0.25) is 0 Å². The summed E-state index contributed by atoms with van der Waals surface area (Å²) in [5, 5.41) is 1.19. The Morgan fingerprint density at radius 3 is 2.81 bits per heavy atom. The van der Waals surface area contributed by atoms with Crippen LogP contribution >= 0.6 is 15.9 Å². The van der Waals surface area contributed by atoms with Crippen molar-refractivity contribution in [1.82, 2.24) is 4.98 Å². The molecule has 0 aliphatic carbocycles. The Morgan fingerprint density at radius 2 is 2.12 bits per heavy atom. The Hall–Kier alpha value is -1.09. The van der Waals surface area contributed by atoms with Crippen LogP contribution in [0, 0.1) is 6.92 Å². The molecule has 2 aromatic rings. The maximum atomic E-state index is 5.96. The molecule has 0 bridgehead atoms. The molecule has 0 spiro atoms. The number of anilines is 1. The van der Waals surface area contributed by atoms with Crippen molar-refractivity contribution in [3.8, 4) is 0 Å². The number of halogens is 1. The smallest absolute Gasteiger partial charge is 0.127 e. The van der Waals surface area contributed by atoms with E-state index >= 15 is 0 Å². The van der Waals surface area contributed by atoms with Gasteiger partial charge in [-0.2, -0.15) is 0 Å². The lowest BCUT2D eigenvalue weighted by Gasteiger charge is -2.09. The van der Waals surface area contributed by atoms with E-state index in [2.05, 4.69) is 46.9 Å². The van der Waals surface area contributed by atoms with Crippen LogP contribution in [0.4, 0.5) is 5.82 Å². The zero-order valence-corrected chi connectivity index (χ0v) is 11.1. The van der Waals surface area contributed by atoms with Crippen molar-refractivity contribution in [3.63, 3.8) is 0 Å². The molecule has 0 amide bonds. The first-order valence-electron chi connectivity index (χ1n) is 5.47. The zero-order valence-electron chi connectivity index (χ0n) is 9.55. The van der Waals surface area contributed by atoms with Crippen molar-refractivity contribution < 1.29 is 0 Å². The van der Waals surface area contributed by atoms with E-state index in [4.69, 9.17) is 5.73 Å². The molecular formula is C13H15BrN2. The lowest BCUT2D eigenvalue weighted by Crippen LogP contribution is -1.99. The number of nitrogen functional groups attached to an aromatic ring is 1. The largest absolute Gasteiger partial charge is 0.383 e. The molecule has 2 N–H and O–H groups in total. The van der Waals surface area contributed by atoms with Gasteiger partial charge in [0.05, 0.1) is 5.52 Å². The third-order valence-corrected chi connectivity index (χ3v) is 3.42. The Balaban J connectivity index is 2.73. The summed E-state index contributed by atoms with van der Waals surface area (Å²) in [6.07, 6.45) is 2.07. The van der Waals surface area contributed by atoms with Crippen LogP contribution in [-0.2, 0) is 6.42 Å². The lowest BCUT2D eigenvalue weighted by atomic mass is 10.0. The first-order valence-corrected chi connectivity index (χ1v) is 6.27. The number of fused-ring (bicyclic) bond motifs is 1. The summed E-state index contributed by atoms with van der Waals surface area (Å²) < 4.78 is 1.00. The van der Waals surface area contributed by atoms with Crippen LogP contribution in [0.1, 0.15) is 24.5 Å². The average Bonchev–Trinajstić information content (AvgIpc) is 2.26. The highest BCUT2D eigenvalue weighted by atomic mass is 79.9. The molecule has 0 saturated carbocycles. The summed E-state index contributed by atoms with van der Waals surface area (Å²) in [5.74, 6) is 0.653. The monoisotopic (exact) mass is 278 g/mol. The van der Waals surface area contributed by atoms with E-state index in [1.165, 1.54) is 10.9 Å². The fourth-order valence-corrected chi connectivity index (χ4v) is 2.32. The summed E-state index contributed by atoms with van der Waals surface area (Å²) in [5.41, 5.74) is 9.30. The molecule has 16 heavy (non-hydrogen) atoms. The van der Waals surface area contributed by atoms with Crippen LogP contribution in [0.15, 0.2) is 22.7 Å². The number of aromatic nitrogens is 1. The molecule has 3 heteroatoms. The lowest BCUT2D eigenvalue weighted by molar-refractivity contribution is 0.921. The minimum atomic E-state index is 0.653. The van der Waals surface area contributed by atoms with Crippen molar-refractivity contribution in [2.75, 3.05) is 5.73 Å². The third kappa shape index (κ3) is 1.92.